The molecule has 0 heterocycles. The van der Waals surface area contributed by atoms with Gasteiger partial charge in [-0.1, -0.05) is 102 Å². The van der Waals surface area contributed by atoms with E-state index in [-0.39, 0.29) is 35.6 Å². The Bertz CT molecular complexity index is 1770. The fraction of sp³-hybridized carbons (Fsp3) is 0.364. The van der Waals surface area contributed by atoms with Crippen molar-refractivity contribution < 1.29 is 49.0 Å². The second kappa shape index (κ2) is 15.2. The van der Waals surface area contributed by atoms with Gasteiger partial charge in [0.2, 0.25) is 0 Å². The van der Waals surface area contributed by atoms with Crippen molar-refractivity contribution in [3.63, 3.8) is 0 Å². The Morgan fingerprint density at radius 3 is 1.60 bits per heavy atom. The van der Waals surface area contributed by atoms with Crippen LogP contribution in [0.2, 0.25) is 0 Å². The molecule has 0 aliphatic heterocycles. The number of rotatable bonds is 1. The van der Waals surface area contributed by atoms with Gasteiger partial charge in [0, 0.05) is 0 Å². The molecule has 4 aromatic carbocycles. The number of fused-ring (bicyclic) bond motifs is 5. The Hall–Kier alpha value is -2.18. The molecule has 47 heavy (non-hydrogen) atoms. The summed E-state index contributed by atoms with van der Waals surface area (Å²) in [5, 5.41) is 5.61. The van der Waals surface area contributed by atoms with E-state index in [2.05, 4.69) is 158 Å². The van der Waals surface area contributed by atoms with Crippen molar-refractivity contribution in [2.75, 3.05) is 0 Å². The molecule has 0 aromatic heterocycles. The maximum atomic E-state index is 3.26. The van der Waals surface area contributed by atoms with Gasteiger partial charge in [0.25, 0.3) is 0 Å². The van der Waals surface area contributed by atoms with E-state index in [0.29, 0.717) is 11.3 Å². The molecular formula is C44H50Cl2Zr-2. The molecule has 3 aliphatic carbocycles. The van der Waals surface area contributed by atoms with Gasteiger partial charge < -0.3 is 24.8 Å². The van der Waals surface area contributed by atoms with E-state index < -0.39 is 0 Å². The number of hydrogen-bond acceptors (Lipinski definition) is 0. The predicted molar refractivity (Wildman–Crippen MR) is 196 cm³/mol. The third-order valence-corrected chi connectivity index (χ3v) is 10.7. The van der Waals surface area contributed by atoms with Crippen LogP contribution in [0.5, 0.6) is 0 Å². The van der Waals surface area contributed by atoms with Gasteiger partial charge in [-0.15, -0.1) is 39.7 Å². The number of halogens is 2. The number of benzene rings is 3. The normalized spacial score (nSPS) is 18.5. The second-order valence-electron chi connectivity index (χ2n) is 15.6. The summed E-state index contributed by atoms with van der Waals surface area (Å²) in [6.45, 7) is 22.9. The van der Waals surface area contributed by atoms with Crippen molar-refractivity contribution in [1.29, 1.82) is 0 Å². The van der Waals surface area contributed by atoms with E-state index in [9.17, 15) is 0 Å². The molecular weight excluding hydrogens is 691 g/mol. The Labute approximate surface area is 312 Å². The van der Waals surface area contributed by atoms with Crippen LogP contribution in [0.1, 0.15) is 110 Å². The molecule has 0 saturated carbocycles. The molecule has 0 saturated heterocycles. The summed E-state index contributed by atoms with van der Waals surface area (Å²) in [4.78, 5) is 0. The zero-order chi connectivity index (χ0) is 32.7. The first-order chi connectivity index (χ1) is 21.1. The first kappa shape index (κ1) is 39.3. The zero-order valence-corrected chi connectivity index (χ0v) is 33.9. The summed E-state index contributed by atoms with van der Waals surface area (Å²) in [5.41, 5.74) is 12.2. The molecule has 0 radical (unpaired) electrons. The minimum atomic E-state index is 0. The molecule has 3 heteroatoms. The molecule has 7 rings (SSSR count). The SMILES string of the molecule is CC1=CCC(C)(C)c2cc3[cH-]c4cc5c(cc4c3cc21)C(C)=CCC5(C)C.CC1[C-]=CC(C(C)(C)C)=C1.[Cl-].[Cl-].[Zr+2]=[CH]c1ccccc1. The maximum absolute atomic E-state index is 3.26. The van der Waals surface area contributed by atoms with Crippen LogP contribution in [-0.4, -0.2) is 3.71 Å². The Morgan fingerprint density at radius 2 is 1.26 bits per heavy atom. The summed E-state index contributed by atoms with van der Waals surface area (Å²) < 4.78 is 2.17. The van der Waals surface area contributed by atoms with Gasteiger partial charge in [0.15, 0.2) is 0 Å². The quantitative estimate of drug-likeness (QED) is 0.203. The van der Waals surface area contributed by atoms with Crippen molar-refractivity contribution in [3.05, 3.63) is 124 Å². The summed E-state index contributed by atoms with van der Waals surface area (Å²) in [5.74, 6) is 0.522. The molecule has 1 atom stereocenters. The average molecular weight is 741 g/mol. The zero-order valence-electron chi connectivity index (χ0n) is 29.9. The minimum absolute atomic E-state index is 0. The Morgan fingerprint density at radius 1 is 0.787 bits per heavy atom. The van der Waals surface area contributed by atoms with Crippen LogP contribution in [0.3, 0.4) is 0 Å². The van der Waals surface area contributed by atoms with Crippen LogP contribution in [0.15, 0.2) is 90.5 Å². The summed E-state index contributed by atoms with van der Waals surface area (Å²) in [7, 11) is 0. The van der Waals surface area contributed by atoms with Gasteiger partial charge in [-0.3, -0.25) is 6.08 Å². The number of hydrogen-bond donors (Lipinski definition) is 0. The molecule has 0 spiro atoms. The third kappa shape index (κ3) is 8.53. The predicted octanol–water partition coefficient (Wildman–Crippen LogP) is 6.24. The summed E-state index contributed by atoms with van der Waals surface area (Å²) in [6, 6.07) is 22.6. The molecule has 1 unspecified atom stereocenters. The monoisotopic (exact) mass is 738 g/mol. The van der Waals surface area contributed by atoms with Crippen LogP contribution in [0, 0.1) is 17.4 Å². The van der Waals surface area contributed by atoms with Gasteiger partial charge in [-0.2, -0.15) is 11.6 Å². The fourth-order valence-electron chi connectivity index (χ4n) is 6.74. The van der Waals surface area contributed by atoms with Crippen LogP contribution in [-0.2, 0) is 35.1 Å². The second-order valence-corrected chi connectivity index (χ2v) is 16.3. The van der Waals surface area contributed by atoms with Crippen molar-refractivity contribution in [3.8, 4) is 0 Å². The first-order valence-corrected chi connectivity index (χ1v) is 18.0. The van der Waals surface area contributed by atoms with Crippen molar-refractivity contribution in [2.45, 2.75) is 92.9 Å². The van der Waals surface area contributed by atoms with Gasteiger partial charge in [0.1, 0.15) is 0 Å². The molecule has 0 amide bonds. The van der Waals surface area contributed by atoms with Gasteiger partial charge >= 0.3 is 63.8 Å². The fourth-order valence-corrected chi connectivity index (χ4v) is 7.21. The topological polar surface area (TPSA) is 0 Å². The average Bonchev–Trinajstić information content (AvgIpc) is 3.60. The Kier molecular flexibility index (Phi) is 12.7. The molecule has 3 aliphatic rings. The van der Waals surface area contributed by atoms with Crippen LogP contribution in [0.4, 0.5) is 0 Å². The first-order valence-electron chi connectivity index (χ1n) is 16.5. The third-order valence-electron chi connectivity index (χ3n) is 9.89. The summed E-state index contributed by atoms with van der Waals surface area (Å²) >= 11 is 1.46. The van der Waals surface area contributed by atoms with E-state index in [0.717, 1.165) is 12.8 Å². The van der Waals surface area contributed by atoms with E-state index in [4.69, 9.17) is 0 Å². The van der Waals surface area contributed by atoms with E-state index in [1.165, 1.54) is 90.3 Å². The van der Waals surface area contributed by atoms with E-state index in [1.54, 1.807) is 0 Å². The van der Waals surface area contributed by atoms with Crippen molar-refractivity contribution >= 4 is 36.4 Å². The van der Waals surface area contributed by atoms with E-state index in [1.807, 2.05) is 6.07 Å². The van der Waals surface area contributed by atoms with Crippen LogP contribution in [0.25, 0.3) is 32.7 Å². The summed E-state index contributed by atoms with van der Waals surface area (Å²) in [6.07, 6.45) is 14.7. The molecule has 246 valence electrons. The molecule has 0 nitrogen and oxygen atoms in total. The van der Waals surface area contributed by atoms with Gasteiger partial charge in [-0.25, -0.2) is 6.08 Å². The molecule has 0 N–H and O–H groups in total. The molecule has 0 bridgehead atoms. The van der Waals surface area contributed by atoms with Crippen LogP contribution < -0.4 is 24.8 Å². The Balaban J connectivity index is 0.000000248. The van der Waals surface area contributed by atoms with Gasteiger partial charge in [-0.05, 0) is 59.8 Å². The van der Waals surface area contributed by atoms with Crippen molar-refractivity contribution in [2.24, 2.45) is 11.3 Å². The molecule has 0 fully saturated rings. The number of allylic oxidation sites excluding steroid dienone is 8. The van der Waals surface area contributed by atoms with E-state index >= 15 is 0 Å². The van der Waals surface area contributed by atoms with Crippen molar-refractivity contribution in [1.82, 2.24) is 0 Å². The standard InChI is InChI=1S/C27H29.C10H15.C7H6.2ClH.Zr/c1-16-7-9-26(3,4)24-12-18-11-19-13-25-21(17(2)8-10-27(25,5)6)15-23(19)22(18)14-20(16)24;1-8-5-6-9(7-8)10(2,3)4;1-7-5-3-2-4-6-7;;;/h7-8,11-15H,9-10H2,1-6H3;6-8H,1-4H3;1-6H;2*1H;/q2*-1;;;;+2/p-2. The van der Waals surface area contributed by atoms with Crippen LogP contribution >= 0.6 is 0 Å². The molecule has 4 aromatic rings. The van der Waals surface area contributed by atoms with Gasteiger partial charge in [0.05, 0.1) is 0 Å².